The van der Waals surface area contributed by atoms with Crippen molar-refractivity contribution in [3.63, 3.8) is 0 Å². The van der Waals surface area contributed by atoms with Gasteiger partial charge in [0.05, 0.1) is 17.6 Å². The van der Waals surface area contributed by atoms with Gasteiger partial charge in [-0.1, -0.05) is 29.5 Å². The van der Waals surface area contributed by atoms with Crippen molar-refractivity contribution in [2.45, 2.75) is 25.1 Å². The second-order valence-corrected chi connectivity index (χ2v) is 6.48. The highest BCUT2D eigenvalue weighted by Gasteiger charge is 2.18. The highest BCUT2D eigenvalue weighted by molar-refractivity contribution is 7.97. The molecule has 1 amide bonds. The Morgan fingerprint density at radius 2 is 2.04 bits per heavy atom. The average Bonchev–Trinajstić information content (AvgIpc) is 3.25. The molecule has 1 aliphatic carbocycles. The lowest BCUT2D eigenvalue weighted by Gasteiger charge is -2.10. The van der Waals surface area contributed by atoms with Crippen LogP contribution in [-0.2, 0) is 17.1 Å². The Bertz CT molecular complexity index is 685. The van der Waals surface area contributed by atoms with Gasteiger partial charge in [-0.2, -0.15) is 11.8 Å². The van der Waals surface area contributed by atoms with E-state index in [-0.39, 0.29) is 11.8 Å². The summed E-state index contributed by atoms with van der Waals surface area (Å²) in [7, 11) is 0. The first kappa shape index (κ1) is 15.8. The molecule has 0 atom stereocenters. The Morgan fingerprint density at radius 3 is 2.74 bits per heavy atom. The van der Waals surface area contributed by atoms with Crippen molar-refractivity contribution >= 4 is 17.7 Å². The molecule has 2 aromatic rings. The van der Waals surface area contributed by atoms with E-state index in [0.717, 1.165) is 35.5 Å². The summed E-state index contributed by atoms with van der Waals surface area (Å²) in [6.45, 7) is 0.560. The van der Waals surface area contributed by atoms with Crippen LogP contribution < -0.4 is 5.32 Å². The van der Waals surface area contributed by atoms with Crippen LogP contribution in [0.1, 0.15) is 24.1 Å². The third-order valence-electron chi connectivity index (χ3n) is 3.88. The maximum atomic E-state index is 12.0. The molecule has 5 nitrogen and oxygen atoms in total. The SMILES string of the molecule is CSCc1cn(-c2ccc(CNC(=O)C3CC=CC3)cc2)nn1. The van der Waals surface area contributed by atoms with Gasteiger partial charge in [-0.3, -0.25) is 4.79 Å². The van der Waals surface area contributed by atoms with Crippen LogP contribution in [-0.4, -0.2) is 27.2 Å². The Labute approximate surface area is 140 Å². The van der Waals surface area contributed by atoms with Crippen LogP contribution in [0.15, 0.2) is 42.6 Å². The lowest BCUT2D eigenvalue weighted by Crippen LogP contribution is -2.28. The van der Waals surface area contributed by atoms with Gasteiger partial charge in [0.25, 0.3) is 0 Å². The molecule has 0 saturated carbocycles. The highest BCUT2D eigenvalue weighted by atomic mass is 32.2. The minimum Gasteiger partial charge on any atom is -0.352 e. The predicted molar refractivity (Wildman–Crippen MR) is 92.3 cm³/mol. The molecule has 0 fully saturated rings. The quantitative estimate of drug-likeness (QED) is 0.828. The number of rotatable bonds is 6. The number of nitrogens with zero attached hydrogens (tertiary/aromatic N) is 3. The van der Waals surface area contributed by atoms with E-state index in [2.05, 4.69) is 27.8 Å². The van der Waals surface area contributed by atoms with Crippen LogP contribution in [0.2, 0.25) is 0 Å². The monoisotopic (exact) mass is 328 g/mol. The molecule has 23 heavy (non-hydrogen) atoms. The maximum Gasteiger partial charge on any atom is 0.224 e. The Kier molecular flexibility index (Phi) is 5.12. The van der Waals surface area contributed by atoms with Crippen molar-refractivity contribution in [2.75, 3.05) is 6.26 Å². The van der Waals surface area contributed by atoms with Crippen molar-refractivity contribution in [3.05, 3.63) is 53.9 Å². The molecule has 6 heteroatoms. The van der Waals surface area contributed by atoms with E-state index in [1.165, 1.54) is 0 Å². The zero-order chi connectivity index (χ0) is 16.1. The van der Waals surface area contributed by atoms with Gasteiger partial charge in [-0.25, -0.2) is 4.68 Å². The number of hydrogen-bond acceptors (Lipinski definition) is 4. The van der Waals surface area contributed by atoms with E-state index in [1.807, 2.05) is 36.7 Å². The molecule has 0 unspecified atom stereocenters. The number of nitrogens with one attached hydrogen (secondary N) is 1. The summed E-state index contributed by atoms with van der Waals surface area (Å²) < 4.78 is 1.78. The van der Waals surface area contributed by atoms with Gasteiger partial charge in [0.15, 0.2) is 0 Å². The van der Waals surface area contributed by atoms with Crippen molar-refractivity contribution in [1.29, 1.82) is 0 Å². The largest absolute Gasteiger partial charge is 0.352 e. The van der Waals surface area contributed by atoms with E-state index in [4.69, 9.17) is 0 Å². The Hall–Kier alpha value is -2.08. The first-order valence-electron chi connectivity index (χ1n) is 7.68. The molecule has 0 radical (unpaired) electrons. The van der Waals surface area contributed by atoms with Crippen LogP contribution >= 0.6 is 11.8 Å². The topological polar surface area (TPSA) is 59.8 Å². The summed E-state index contributed by atoms with van der Waals surface area (Å²) in [4.78, 5) is 12.0. The number of hydrogen-bond donors (Lipinski definition) is 1. The number of carbonyl (C=O) groups excluding carboxylic acids is 1. The molecule has 1 N–H and O–H groups in total. The average molecular weight is 328 g/mol. The fourth-order valence-corrected chi connectivity index (χ4v) is 3.00. The van der Waals surface area contributed by atoms with Crippen molar-refractivity contribution in [2.24, 2.45) is 5.92 Å². The summed E-state index contributed by atoms with van der Waals surface area (Å²) in [6.07, 6.45) is 9.85. The molecule has 0 spiro atoms. The lowest BCUT2D eigenvalue weighted by atomic mass is 10.1. The first-order valence-corrected chi connectivity index (χ1v) is 9.08. The molecule has 120 valence electrons. The molecule has 1 aromatic carbocycles. The molecule has 1 aromatic heterocycles. The summed E-state index contributed by atoms with van der Waals surface area (Å²) in [5, 5.41) is 11.3. The third kappa shape index (κ3) is 4.01. The van der Waals surface area contributed by atoms with Crippen molar-refractivity contribution in [3.8, 4) is 5.69 Å². The van der Waals surface area contributed by atoms with Crippen LogP contribution in [0.5, 0.6) is 0 Å². The van der Waals surface area contributed by atoms with Crippen LogP contribution in [0.4, 0.5) is 0 Å². The van der Waals surface area contributed by atoms with E-state index in [1.54, 1.807) is 16.4 Å². The van der Waals surface area contributed by atoms with Gasteiger partial charge < -0.3 is 5.32 Å². The number of aromatic nitrogens is 3. The van der Waals surface area contributed by atoms with Crippen LogP contribution in [0, 0.1) is 5.92 Å². The standard InChI is InChI=1S/C17H20N4OS/c1-23-12-15-11-21(20-19-15)16-8-6-13(7-9-16)10-18-17(22)14-4-2-3-5-14/h2-3,6-9,11,14H,4-5,10,12H2,1H3,(H,18,22). The van der Waals surface area contributed by atoms with E-state index in [0.29, 0.717) is 6.54 Å². The number of allylic oxidation sites excluding steroid dienone is 2. The Morgan fingerprint density at radius 1 is 1.30 bits per heavy atom. The molecular weight excluding hydrogens is 308 g/mol. The zero-order valence-corrected chi connectivity index (χ0v) is 13.9. The summed E-state index contributed by atoms with van der Waals surface area (Å²) in [5.74, 6) is 1.11. The lowest BCUT2D eigenvalue weighted by molar-refractivity contribution is -0.124. The van der Waals surface area contributed by atoms with E-state index in [9.17, 15) is 4.79 Å². The third-order valence-corrected chi connectivity index (χ3v) is 4.46. The smallest absolute Gasteiger partial charge is 0.224 e. The van der Waals surface area contributed by atoms with Gasteiger partial charge in [-0.05, 0) is 36.8 Å². The number of carbonyl (C=O) groups is 1. The summed E-state index contributed by atoms with van der Waals surface area (Å²) in [5.41, 5.74) is 3.02. The minimum absolute atomic E-state index is 0.110. The number of thioether (sulfide) groups is 1. The predicted octanol–water partition coefficient (Wildman–Crippen LogP) is 2.71. The van der Waals surface area contributed by atoms with Gasteiger partial charge in [-0.15, -0.1) is 5.10 Å². The van der Waals surface area contributed by atoms with Crippen LogP contribution in [0.25, 0.3) is 5.69 Å². The van der Waals surface area contributed by atoms with E-state index < -0.39 is 0 Å². The fourth-order valence-electron chi connectivity index (χ4n) is 2.57. The minimum atomic E-state index is 0.110. The zero-order valence-electron chi connectivity index (χ0n) is 13.1. The second kappa shape index (κ2) is 7.46. The van der Waals surface area contributed by atoms with Gasteiger partial charge in [0.1, 0.15) is 0 Å². The highest BCUT2D eigenvalue weighted by Crippen LogP contribution is 2.18. The fraction of sp³-hybridized carbons (Fsp3) is 0.353. The second-order valence-electron chi connectivity index (χ2n) is 5.61. The van der Waals surface area contributed by atoms with E-state index >= 15 is 0 Å². The van der Waals surface area contributed by atoms with Crippen molar-refractivity contribution in [1.82, 2.24) is 20.3 Å². The molecule has 1 aliphatic rings. The van der Waals surface area contributed by atoms with Gasteiger partial charge in [0.2, 0.25) is 5.91 Å². The molecule has 3 rings (SSSR count). The van der Waals surface area contributed by atoms with Crippen molar-refractivity contribution < 1.29 is 4.79 Å². The van der Waals surface area contributed by atoms with Gasteiger partial charge >= 0.3 is 0 Å². The summed E-state index contributed by atoms with van der Waals surface area (Å²) >= 11 is 1.72. The van der Waals surface area contributed by atoms with Gasteiger partial charge in [0, 0.05) is 18.2 Å². The summed E-state index contributed by atoms with van der Waals surface area (Å²) in [6, 6.07) is 8.02. The normalized spacial score (nSPS) is 14.3. The van der Waals surface area contributed by atoms with Crippen LogP contribution in [0.3, 0.4) is 0 Å². The molecule has 0 saturated heterocycles. The molecular formula is C17H20N4OS. The maximum absolute atomic E-state index is 12.0. The Balaban J connectivity index is 1.57. The first-order chi connectivity index (χ1) is 11.3. The molecule has 1 heterocycles. The molecule has 0 aliphatic heterocycles. The number of amides is 1. The molecule has 0 bridgehead atoms. The number of benzene rings is 1.